The molecule has 0 aliphatic carbocycles. The molecule has 0 bridgehead atoms. The van der Waals surface area contributed by atoms with Crippen molar-refractivity contribution in [2.45, 2.75) is 65.3 Å². The summed E-state index contributed by atoms with van der Waals surface area (Å²) in [6.45, 7) is 10.6. The van der Waals surface area contributed by atoms with Gasteiger partial charge in [-0.1, -0.05) is 23.5 Å². The highest BCUT2D eigenvalue weighted by Gasteiger charge is 2.35. The maximum atomic E-state index is 12.0. The van der Waals surface area contributed by atoms with Crippen LogP contribution in [0.2, 0.25) is 0 Å². The van der Waals surface area contributed by atoms with Crippen molar-refractivity contribution in [3.8, 4) is 17.0 Å². The topological polar surface area (TPSA) is 121 Å². The Labute approximate surface area is 203 Å². The van der Waals surface area contributed by atoms with Crippen molar-refractivity contribution >= 4 is 22.6 Å². The van der Waals surface area contributed by atoms with Crippen molar-refractivity contribution in [2.24, 2.45) is 0 Å². The molecular formula is C24H32N4O5S. The molecule has 10 heteroatoms. The molecule has 3 aromatic rings. The first-order valence-corrected chi connectivity index (χ1v) is 11.7. The third-order valence-corrected chi connectivity index (χ3v) is 6.52. The lowest BCUT2D eigenvalue weighted by Gasteiger charge is -2.30. The molecule has 2 aromatic heterocycles. The van der Waals surface area contributed by atoms with Gasteiger partial charge in [0.25, 0.3) is 0 Å². The Bertz CT molecular complexity index is 1150. The van der Waals surface area contributed by atoms with Crippen LogP contribution >= 0.6 is 11.3 Å². The van der Waals surface area contributed by atoms with Crippen LogP contribution in [0.3, 0.4) is 0 Å². The number of methoxy groups -OCH3 is 1. The summed E-state index contributed by atoms with van der Waals surface area (Å²) in [7, 11) is 1.61. The van der Waals surface area contributed by atoms with Crippen LogP contribution in [0.15, 0.2) is 30.5 Å². The molecular weight excluding hydrogens is 456 g/mol. The van der Waals surface area contributed by atoms with Crippen molar-refractivity contribution in [3.63, 3.8) is 0 Å². The number of aliphatic hydroxyl groups excluding tert-OH is 1. The highest BCUT2D eigenvalue weighted by atomic mass is 32.1. The van der Waals surface area contributed by atoms with Crippen LogP contribution in [0.1, 0.15) is 63.8 Å². The summed E-state index contributed by atoms with van der Waals surface area (Å²) >= 11 is 1.11. The molecule has 0 aliphatic heterocycles. The van der Waals surface area contributed by atoms with Crippen molar-refractivity contribution in [3.05, 3.63) is 46.6 Å². The maximum absolute atomic E-state index is 12.0. The number of aliphatic hydroxyl groups is 2. The number of thiazole rings is 1. The lowest BCUT2D eigenvalue weighted by atomic mass is 10.0. The third kappa shape index (κ3) is 5.40. The van der Waals surface area contributed by atoms with Gasteiger partial charge >= 0.3 is 6.09 Å². The first kappa shape index (κ1) is 25.7. The van der Waals surface area contributed by atoms with Crippen LogP contribution in [-0.4, -0.2) is 48.8 Å². The second-order valence-corrected chi connectivity index (χ2v) is 10.6. The van der Waals surface area contributed by atoms with E-state index >= 15 is 0 Å². The standard InChI is InChI=1S/C24H32N4O5S/c1-14(29)18-17(13-27(26-18)12-15-8-10-16(33-7)11-9-15)19-20(24(5,6)32)34-21(25-19)28(22(30)31)23(2,3)4/h8-11,13-14,29,32H,12H2,1-7H3,(H,30,31). The fraction of sp³-hybridized carbons (Fsp3) is 0.458. The molecule has 0 radical (unpaired) electrons. The number of amides is 1. The van der Waals surface area contributed by atoms with Gasteiger partial charge in [0, 0.05) is 17.3 Å². The first-order chi connectivity index (χ1) is 15.7. The maximum Gasteiger partial charge on any atom is 0.414 e. The molecule has 1 amide bonds. The fourth-order valence-corrected chi connectivity index (χ4v) is 4.85. The van der Waals surface area contributed by atoms with Gasteiger partial charge in [0.05, 0.1) is 35.9 Å². The van der Waals surface area contributed by atoms with E-state index in [1.165, 1.54) is 4.90 Å². The number of carboxylic acid groups (broad SMARTS) is 1. The monoisotopic (exact) mass is 488 g/mol. The zero-order valence-corrected chi connectivity index (χ0v) is 21.3. The number of hydrogen-bond donors (Lipinski definition) is 3. The van der Waals surface area contributed by atoms with Crippen molar-refractivity contribution < 1.29 is 24.9 Å². The number of carbonyl (C=O) groups is 1. The Balaban J connectivity index is 2.13. The minimum atomic E-state index is -1.29. The Morgan fingerprint density at radius 2 is 1.82 bits per heavy atom. The number of aromatic nitrogens is 3. The van der Waals surface area contributed by atoms with E-state index in [2.05, 4.69) is 10.1 Å². The Morgan fingerprint density at radius 1 is 1.21 bits per heavy atom. The fourth-order valence-electron chi connectivity index (χ4n) is 3.58. The van der Waals surface area contributed by atoms with Gasteiger partial charge in [-0.05, 0) is 59.2 Å². The van der Waals surface area contributed by atoms with Gasteiger partial charge in [0.15, 0.2) is 5.13 Å². The third-order valence-electron chi connectivity index (χ3n) is 5.17. The van der Waals surface area contributed by atoms with Crippen LogP contribution in [0.25, 0.3) is 11.3 Å². The number of benzene rings is 1. The van der Waals surface area contributed by atoms with Gasteiger partial charge < -0.3 is 20.1 Å². The van der Waals surface area contributed by atoms with E-state index in [1.54, 1.807) is 59.5 Å². The van der Waals surface area contributed by atoms with Gasteiger partial charge in [-0.2, -0.15) is 5.10 Å². The van der Waals surface area contributed by atoms with Crippen molar-refractivity contribution in [1.29, 1.82) is 0 Å². The summed E-state index contributed by atoms with van der Waals surface area (Å²) in [5, 5.41) is 36.0. The van der Waals surface area contributed by atoms with Crippen molar-refractivity contribution in [1.82, 2.24) is 14.8 Å². The van der Waals surface area contributed by atoms with Crippen molar-refractivity contribution in [2.75, 3.05) is 12.0 Å². The number of ether oxygens (including phenoxy) is 1. The molecule has 3 N–H and O–H groups in total. The lowest BCUT2D eigenvalue weighted by Crippen LogP contribution is -2.45. The van der Waals surface area contributed by atoms with E-state index < -0.39 is 23.3 Å². The molecule has 34 heavy (non-hydrogen) atoms. The SMILES string of the molecule is COc1ccc(Cn2cc(-c3nc(N(C(=O)O)C(C)(C)C)sc3C(C)(C)O)c(C(C)O)n2)cc1. The second kappa shape index (κ2) is 9.36. The van der Waals surface area contributed by atoms with Gasteiger partial charge in [0.2, 0.25) is 0 Å². The van der Waals surface area contributed by atoms with Crippen LogP contribution < -0.4 is 9.64 Å². The van der Waals surface area contributed by atoms with Gasteiger partial charge in [-0.25, -0.2) is 14.7 Å². The average molecular weight is 489 g/mol. The van der Waals surface area contributed by atoms with Gasteiger partial charge in [-0.15, -0.1) is 0 Å². The van der Waals surface area contributed by atoms with E-state index in [1.807, 2.05) is 24.3 Å². The number of rotatable bonds is 7. The van der Waals surface area contributed by atoms with Gasteiger partial charge in [-0.3, -0.25) is 4.68 Å². The number of nitrogens with zero attached hydrogens (tertiary/aromatic N) is 4. The summed E-state index contributed by atoms with van der Waals surface area (Å²) in [5.74, 6) is 0.751. The Kier molecular flexibility index (Phi) is 7.07. The highest BCUT2D eigenvalue weighted by molar-refractivity contribution is 7.16. The summed E-state index contributed by atoms with van der Waals surface area (Å²) < 4.78 is 6.91. The molecule has 0 saturated heterocycles. The average Bonchev–Trinajstić information content (AvgIpc) is 3.31. The normalized spacial score (nSPS) is 13.1. The van der Waals surface area contributed by atoms with E-state index in [0.717, 1.165) is 22.6 Å². The minimum absolute atomic E-state index is 0.242. The summed E-state index contributed by atoms with van der Waals surface area (Å²) in [6.07, 6.45) is -0.270. The van der Waals surface area contributed by atoms with E-state index in [-0.39, 0.29) is 5.13 Å². The van der Waals surface area contributed by atoms with Crippen LogP contribution in [-0.2, 0) is 12.1 Å². The molecule has 0 spiro atoms. The molecule has 0 saturated carbocycles. The predicted molar refractivity (Wildman–Crippen MR) is 132 cm³/mol. The summed E-state index contributed by atoms with van der Waals surface area (Å²) in [5.41, 5.74) is 0.291. The predicted octanol–water partition coefficient (Wildman–Crippen LogP) is 4.63. The Morgan fingerprint density at radius 3 is 2.29 bits per heavy atom. The second-order valence-electron chi connectivity index (χ2n) is 9.67. The van der Waals surface area contributed by atoms with E-state index in [0.29, 0.717) is 28.4 Å². The molecule has 1 unspecified atom stereocenters. The molecule has 3 rings (SSSR count). The number of hydrogen-bond acceptors (Lipinski definition) is 7. The molecule has 0 fully saturated rings. The quantitative estimate of drug-likeness (QED) is 0.443. The molecule has 9 nitrogen and oxygen atoms in total. The van der Waals surface area contributed by atoms with E-state index in [4.69, 9.17) is 4.74 Å². The first-order valence-electron chi connectivity index (χ1n) is 10.9. The zero-order chi connectivity index (χ0) is 25.4. The van der Waals surface area contributed by atoms with E-state index in [9.17, 15) is 20.1 Å². The minimum Gasteiger partial charge on any atom is -0.497 e. The van der Waals surface area contributed by atoms with Gasteiger partial charge in [0.1, 0.15) is 11.4 Å². The highest BCUT2D eigenvalue weighted by Crippen LogP contribution is 2.42. The van der Waals surface area contributed by atoms with Crippen LogP contribution in [0.5, 0.6) is 5.75 Å². The molecule has 2 heterocycles. The molecule has 184 valence electrons. The molecule has 1 aromatic carbocycles. The Hall–Kier alpha value is -2.95. The smallest absolute Gasteiger partial charge is 0.414 e. The molecule has 1 atom stereocenters. The largest absolute Gasteiger partial charge is 0.497 e. The number of anilines is 1. The summed E-state index contributed by atoms with van der Waals surface area (Å²) in [4.78, 5) is 18.4. The lowest BCUT2D eigenvalue weighted by molar-refractivity contribution is 0.0829. The van der Waals surface area contributed by atoms with Crippen LogP contribution in [0, 0.1) is 0 Å². The molecule has 0 aliphatic rings. The van der Waals surface area contributed by atoms with Crippen LogP contribution in [0.4, 0.5) is 9.93 Å². The summed E-state index contributed by atoms with van der Waals surface area (Å²) in [6, 6.07) is 7.59. The zero-order valence-electron chi connectivity index (χ0n) is 20.5.